The molecule has 1 aromatic heterocycles. The number of nitrogens with one attached hydrogen (secondary N) is 2. The molecule has 0 bridgehead atoms. The number of hydrogen-bond donors (Lipinski definition) is 2. The van der Waals surface area contributed by atoms with E-state index in [1.807, 2.05) is 31.2 Å². The van der Waals surface area contributed by atoms with Gasteiger partial charge in [0.2, 0.25) is 11.8 Å². The third-order valence-electron chi connectivity index (χ3n) is 4.63. The van der Waals surface area contributed by atoms with Crippen molar-refractivity contribution in [1.29, 1.82) is 0 Å². The summed E-state index contributed by atoms with van der Waals surface area (Å²) < 4.78 is 2.21. The van der Waals surface area contributed by atoms with Crippen LogP contribution in [0.4, 0.5) is 5.69 Å². The van der Waals surface area contributed by atoms with Crippen LogP contribution in [-0.2, 0) is 16.1 Å². The number of hydrogen-bond acceptors (Lipinski definition) is 4. The Balaban J connectivity index is 1.58. The molecule has 0 spiro atoms. The molecular weight excluding hydrogens is 457 g/mol. The number of benzene rings is 2. The summed E-state index contributed by atoms with van der Waals surface area (Å²) in [6.07, 6.45) is 0.170. The van der Waals surface area contributed by atoms with Crippen LogP contribution in [0.15, 0.2) is 42.5 Å². The van der Waals surface area contributed by atoms with Crippen molar-refractivity contribution in [3.8, 4) is 11.4 Å². The second-order valence-corrected chi connectivity index (χ2v) is 8.25. The van der Waals surface area contributed by atoms with Gasteiger partial charge < -0.3 is 10.2 Å². The number of aromatic nitrogens is 3. The van der Waals surface area contributed by atoms with Gasteiger partial charge in [0, 0.05) is 31.3 Å². The maximum absolute atomic E-state index is 12.6. The lowest BCUT2D eigenvalue weighted by molar-refractivity contribution is -0.133. The number of amides is 2. The number of carbonyl (C=O) groups is 2. The topological polar surface area (TPSA) is 83.0 Å². The zero-order valence-corrected chi connectivity index (χ0v) is 19.3. The average Bonchev–Trinajstić information content (AvgIpc) is 3.09. The first kappa shape index (κ1) is 23.0. The average molecular weight is 478 g/mol. The summed E-state index contributed by atoms with van der Waals surface area (Å²) >= 11 is 17.1. The van der Waals surface area contributed by atoms with E-state index in [0.29, 0.717) is 32.9 Å². The number of aromatic amines is 1. The van der Waals surface area contributed by atoms with E-state index >= 15 is 0 Å². The lowest BCUT2D eigenvalue weighted by Crippen LogP contribution is -2.35. The maximum atomic E-state index is 12.6. The SMILES string of the molecule is Cc1ccc(-c2n[nH]c(=S)n2CCC(=O)N(C)CC(=O)Nc2ccc(Cl)c(Cl)c2)cc1. The van der Waals surface area contributed by atoms with Crippen molar-refractivity contribution in [2.75, 3.05) is 18.9 Å². The number of halogens is 2. The summed E-state index contributed by atoms with van der Waals surface area (Å²) in [5.41, 5.74) is 2.55. The molecule has 2 aromatic carbocycles. The van der Waals surface area contributed by atoms with Gasteiger partial charge in [-0.2, -0.15) is 5.10 Å². The van der Waals surface area contributed by atoms with Gasteiger partial charge in [-0.1, -0.05) is 53.0 Å². The van der Waals surface area contributed by atoms with Crippen LogP contribution < -0.4 is 5.32 Å². The van der Waals surface area contributed by atoms with Crippen molar-refractivity contribution >= 4 is 52.9 Å². The van der Waals surface area contributed by atoms with Crippen LogP contribution in [0.3, 0.4) is 0 Å². The Morgan fingerprint density at radius 2 is 1.87 bits per heavy atom. The molecule has 0 aliphatic rings. The highest BCUT2D eigenvalue weighted by atomic mass is 35.5. The first-order valence-electron chi connectivity index (χ1n) is 9.45. The molecule has 0 saturated heterocycles. The molecule has 2 N–H and O–H groups in total. The van der Waals surface area contributed by atoms with E-state index in [2.05, 4.69) is 15.5 Å². The van der Waals surface area contributed by atoms with E-state index in [9.17, 15) is 9.59 Å². The van der Waals surface area contributed by atoms with E-state index < -0.39 is 0 Å². The molecule has 0 saturated carbocycles. The second kappa shape index (κ2) is 10.1. The summed E-state index contributed by atoms with van der Waals surface area (Å²) in [5, 5.41) is 10.5. The molecule has 3 aromatic rings. The zero-order chi connectivity index (χ0) is 22.5. The molecule has 0 fully saturated rings. The van der Waals surface area contributed by atoms with Gasteiger partial charge in [0.25, 0.3) is 0 Å². The van der Waals surface area contributed by atoms with Crippen molar-refractivity contribution in [1.82, 2.24) is 19.7 Å². The summed E-state index contributed by atoms with van der Waals surface area (Å²) in [6, 6.07) is 12.7. The van der Waals surface area contributed by atoms with E-state index in [4.69, 9.17) is 35.4 Å². The number of anilines is 1. The fourth-order valence-corrected chi connectivity index (χ4v) is 3.45. The molecule has 3 rings (SSSR count). The fraction of sp³-hybridized carbons (Fsp3) is 0.238. The standard InChI is InChI=1S/C21H21Cl2N5O2S/c1-13-3-5-14(6-4-13)20-25-26-21(31)28(20)10-9-19(30)27(2)12-18(29)24-15-7-8-16(22)17(23)11-15/h3-8,11H,9-10,12H2,1-2H3,(H,24,29)(H,26,31). The smallest absolute Gasteiger partial charge is 0.243 e. The number of rotatable bonds is 7. The minimum Gasteiger partial charge on any atom is -0.336 e. The van der Waals surface area contributed by atoms with E-state index in [0.717, 1.165) is 11.1 Å². The molecule has 0 atom stereocenters. The van der Waals surface area contributed by atoms with Crippen LogP contribution in [0.2, 0.25) is 10.0 Å². The quantitative estimate of drug-likeness (QED) is 0.482. The van der Waals surface area contributed by atoms with E-state index in [-0.39, 0.29) is 24.8 Å². The Hall–Kier alpha value is -2.68. The van der Waals surface area contributed by atoms with Crippen LogP contribution in [0.5, 0.6) is 0 Å². The molecule has 2 amide bonds. The Morgan fingerprint density at radius 3 is 2.55 bits per heavy atom. The van der Waals surface area contributed by atoms with Crippen LogP contribution in [0.1, 0.15) is 12.0 Å². The predicted octanol–water partition coefficient (Wildman–Crippen LogP) is 4.71. The highest BCUT2D eigenvalue weighted by Gasteiger charge is 2.16. The number of H-pyrrole nitrogens is 1. The van der Waals surface area contributed by atoms with E-state index in [1.165, 1.54) is 4.90 Å². The fourth-order valence-electron chi connectivity index (χ4n) is 2.92. The highest BCUT2D eigenvalue weighted by molar-refractivity contribution is 7.71. The van der Waals surface area contributed by atoms with Crippen LogP contribution in [-0.4, -0.2) is 45.1 Å². The highest BCUT2D eigenvalue weighted by Crippen LogP contribution is 2.25. The van der Waals surface area contributed by atoms with Crippen molar-refractivity contribution < 1.29 is 9.59 Å². The van der Waals surface area contributed by atoms with Gasteiger partial charge in [0.15, 0.2) is 10.6 Å². The zero-order valence-electron chi connectivity index (χ0n) is 17.0. The Morgan fingerprint density at radius 1 is 1.16 bits per heavy atom. The van der Waals surface area contributed by atoms with E-state index in [1.54, 1.807) is 29.8 Å². The number of nitrogens with zero attached hydrogens (tertiary/aromatic N) is 3. The van der Waals surface area contributed by atoms with Crippen LogP contribution in [0, 0.1) is 11.7 Å². The van der Waals surface area contributed by atoms with Gasteiger partial charge in [0.05, 0.1) is 16.6 Å². The predicted molar refractivity (Wildman–Crippen MR) is 125 cm³/mol. The molecule has 10 heteroatoms. The summed E-state index contributed by atoms with van der Waals surface area (Å²) in [5.74, 6) is 0.134. The maximum Gasteiger partial charge on any atom is 0.243 e. The molecule has 0 aliphatic heterocycles. The molecule has 0 aliphatic carbocycles. The third-order valence-corrected chi connectivity index (χ3v) is 5.68. The monoisotopic (exact) mass is 477 g/mol. The van der Waals surface area contributed by atoms with Crippen LogP contribution >= 0.6 is 35.4 Å². The Bertz CT molecular complexity index is 1160. The molecular formula is C21H21Cl2N5O2S. The van der Waals surface area contributed by atoms with Gasteiger partial charge in [-0.05, 0) is 37.3 Å². The van der Waals surface area contributed by atoms with Crippen molar-refractivity contribution in [3.63, 3.8) is 0 Å². The largest absolute Gasteiger partial charge is 0.336 e. The van der Waals surface area contributed by atoms with Crippen molar-refractivity contribution in [2.45, 2.75) is 19.9 Å². The molecule has 1 heterocycles. The van der Waals surface area contributed by atoms with Gasteiger partial charge in [-0.3, -0.25) is 19.3 Å². The molecule has 0 radical (unpaired) electrons. The third kappa shape index (κ3) is 5.94. The molecule has 31 heavy (non-hydrogen) atoms. The van der Waals surface area contributed by atoms with Crippen molar-refractivity contribution in [2.24, 2.45) is 0 Å². The normalized spacial score (nSPS) is 10.7. The van der Waals surface area contributed by atoms with Crippen molar-refractivity contribution in [3.05, 3.63) is 62.8 Å². The summed E-state index contributed by atoms with van der Waals surface area (Å²) in [4.78, 5) is 26.2. The van der Waals surface area contributed by atoms with Gasteiger partial charge in [-0.15, -0.1) is 0 Å². The Kier molecular flexibility index (Phi) is 7.48. The number of likely N-dealkylation sites (N-methyl/N-ethyl adjacent to an activating group) is 1. The molecule has 162 valence electrons. The molecule has 0 unspecified atom stereocenters. The Labute approximate surface area is 195 Å². The number of aryl methyl sites for hydroxylation is 1. The summed E-state index contributed by atoms with van der Waals surface area (Å²) in [7, 11) is 1.58. The first-order valence-corrected chi connectivity index (χ1v) is 10.6. The minimum absolute atomic E-state index is 0.0965. The first-order chi connectivity index (χ1) is 14.7. The number of carbonyl (C=O) groups excluding carboxylic acids is 2. The lowest BCUT2D eigenvalue weighted by Gasteiger charge is -2.17. The lowest BCUT2D eigenvalue weighted by atomic mass is 10.1. The van der Waals surface area contributed by atoms with Gasteiger partial charge in [0.1, 0.15) is 0 Å². The summed E-state index contributed by atoms with van der Waals surface area (Å²) in [6.45, 7) is 2.25. The molecule has 7 nitrogen and oxygen atoms in total. The van der Waals surface area contributed by atoms with Gasteiger partial charge in [-0.25, -0.2) is 0 Å². The minimum atomic E-state index is -0.338. The second-order valence-electron chi connectivity index (χ2n) is 7.05. The van der Waals surface area contributed by atoms with Crippen LogP contribution in [0.25, 0.3) is 11.4 Å². The van der Waals surface area contributed by atoms with Gasteiger partial charge >= 0.3 is 0 Å².